The van der Waals surface area contributed by atoms with Gasteiger partial charge in [0.05, 0.1) is 18.2 Å². The van der Waals surface area contributed by atoms with Gasteiger partial charge in [0.25, 0.3) is 5.78 Å². The van der Waals surface area contributed by atoms with Crippen molar-refractivity contribution in [2.75, 3.05) is 11.5 Å². The van der Waals surface area contributed by atoms with E-state index in [4.69, 9.17) is 16.3 Å². The highest BCUT2D eigenvalue weighted by Gasteiger charge is 2.47. The van der Waals surface area contributed by atoms with E-state index in [1.807, 2.05) is 6.92 Å². The highest BCUT2D eigenvalue weighted by Crippen LogP contribution is 2.43. The van der Waals surface area contributed by atoms with Crippen LogP contribution in [0.15, 0.2) is 65.7 Å². The molecule has 1 N–H and O–H groups in total. The molecule has 1 saturated heterocycles. The summed E-state index contributed by atoms with van der Waals surface area (Å²) in [5.74, 6) is -1.20. The molecule has 31 heavy (non-hydrogen) atoms. The van der Waals surface area contributed by atoms with Crippen molar-refractivity contribution in [1.29, 1.82) is 0 Å². The van der Waals surface area contributed by atoms with Crippen LogP contribution in [0, 0.1) is 0 Å². The van der Waals surface area contributed by atoms with Gasteiger partial charge in [-0.25, -0.2) is 4.98 Å². The summed E-state index contributed by atoms with van der Waals surface area (Å²) in [5, 5.41) is 13.8. The monoisotopic (exact) mass is 454 g/mol. The van der Waals surface area contributed by atoms with Gasteiger partial charge < -0.3 is 9.84 Å². The van der Waals surface area contributed by atoms with Gasteiger partial charge in [0.15, 0.2) is 5.13 Å². The zero-order chi connectivity index (χ0) is 22.0. The van der Waals surface area contributed by atoms with Gasteiger partial charge in [0.2, 0.25) is 0 Å². The van der Waals surface area contributed by atoms with Crippen LogP contribution >= 0.6 is 22.9 Å². The number of hydrogen-bond acceptors (Lipinski definition) is 6. The lowest BCUT2D eigenvalue weighted by Crippen LogP contribution is -2.29. The number of benzene rings is 2. The average Bonchev–Trinajstić information content (AvgIpc) is 3.39. The van der Waals surface area contributed by atoms with Crippen LogP contribution in [0.4, 0.5) is 5.13 Å². The number of aliphatic hydroxyl groups is 1. The highest BCUT2D eigenvalue weighted by molar-refractivity contribution is 7.14. The first-order valence-corrected chi connectivity index (χ1v) is 11.0. The number of aliphatic hydroxyl groups excluding tert-OH is 1. The molecule has 0 spiro atoms. The van der Waals surface area contributed by atoms with Gasteiger partial charge >= 0.3 is 5.91 Å². The van der Waals surface area contributed by atoms with Crippen LogP contribution in [0.1, 0.15) is 30.5 Å². The lowest BCUT2D eigenvalue weighted by Gasteiger charge is -2.23. The minimum atomic E-state index is -0.830. The second-order valence-corrected chi connectivity index (χ2v) is 8.22. The Morgan fingerprint density at radius 1 is 1.23 bits per heavy atom. The number of anilines is 1. The third kappa shape index (κ3) is 4.06. The molecule has 2 heterocycles. The van der Waals surface area contributed by atoms with E-state index in [-0.39, 0.29) is 11.3 Å². The quantitative estimate of drug-likeness (QED) is 0.314. The van der Waals surface area contributed by atoms with E-state index >= 15 is 0 Å². The maximum atomic E-state index is 13.0. The lowest BCUT2D eigenvalue weighted by molar-refractivity contribution is -0.132. The number of carbonyl (C=O) groups is 2. The third-order valence-corrected chi connectivity index (χ3v) is 5.86. The van der Waals surface area contributed by atoms with Gasteiger partial charge in [-0.3, -0.25) is 14.5 Å². The molecule has 1 amide bonds. The topological polar surface area (TPSA) is 79.7 Å². The van der Waals surface area contributed by atoms with E-state index in [2.05, 4.69) is 4.98 Å². The predicted molar refractivity (Wildman–Crippen MR) is 121 cm³/mol. The normalized spacial score (nSPS) is 17.9. The highest BCUT2D eigenvalue weighted by atomic mass is 35.5. The largest absolute Gasteiger partial charge is 0.507 e. The van der Waals surface area contributed by atoms with Crippen molar-refractivity contribution in [1.82, 2.24) is 4.98 Å². The van der Waals surface area contributed by atoms with E-state index in [0.29, 0.717) is 33.6 Å². The van der Waals surface area contributed by atoms with Crippen molar-refractivity contribution in [2.45, 2.75) is 19.4 Å². The maximum Gasteiger partial charge on any atom is 0.301 e. The standard InChI is InChI=1S/C23H19ClN2O4S/c1-2-11-30-17-5-3-4-15(13-17)20(27)18-19(14-6-8-16(24)9-7-14)26(22(29)21(18)28)23-25-10-12-31-23/h3-10,12-13,19,27H,2,11H2,1H3/b20-18+. The van der Waals surface area contributed by atoms with Crippen LogP contribution in [0.5, 0.6) is 5.75 Å². The second-order valence-electron chi connectivity index (χ2n) is 6.91. The Kier molecular flexibility index (Phi) is 6.06. The van der Waals surface area contributed by atoms with Crippen molar-refractivity contribution in [3.63, 3.8) is 0 Å². The molecule has 8 heteroatoms. The zero-order valence-corrected chi connectivity index (χ0v) is 18.2. The van der Waals surface area contributed by atoms with Crippen LogP contribution in [0.2, 0.25) is 5.02 Å². The Morgan fingerprint density at radius 2 is 2.00 bits per heavy atom. The molecule has 0 saturated carbocycles. The molecule has 1 atom stereocenters. The molecular weight excluding hydrogens is 436 g/mol. The van der Waals surface area contributed by atoms with Crippen LogP contribution in [-0.4, -0.2) is 28.4 Å². The summed E-state index contributed by atoms with van der Waals surface area (Å²) in [6.07, 6.45) is 2.40. The minimum Gasteiger partial charge on any atom is -0.507 e. The molecule has 1 aromatic heterocycles. The summed E-state index contributed by atoms with van der Waals surface area (Å²) in [6, 6.07) is 12.8. The summed E-state index contributed by atoms with van der Waals surface area (Å²) in [4.78, 5) is 31.5. The van der Waals surface area contributed by atoms with E-state index in [0.717, 1.165) is 6.42 Å². The molecule has 1 fully saturated rings. The SMILES string of the molecule is CCCOc1cccc(/C(O)=C2\C(=O)C(=O)N(c3nccs3)C2c2ccc(Cl)cc2)c1. The number of ether oxygens (including phenoxy) is 1. The Bertz CT molecular complexity index is 1140. The van der Waals surface area contributed by atoms with Crippen molar-refractivity contribution in [2.24, 2.45) is 0 Å². The number of Topliss-reactive ketones (excluding diaryl/α,β-unsaturated/α-hetero) is 1. The van der Waals surface area contributed by atoms with Crippen LogP contribution in [0.25, 0.3) is 5.76 Å². The summed E-state index contributed by atoms with van der Waals surface area (Å²) < 4.78 is 5.64. The van der Waals surface area contributed by atoms with Gasteiger partial charge in [-0.1, -0.05) is 42.8 Å². The Hall–Kier alpha value is -3.16. The number of thiazole rings is 1. The first kappa shape index (κ1) is 21.1. The van der Waals surface area contributed by atoms with Gasteiger partial charge in [-0.2, -0.15) is 0 Å². The molecule has 6 nitrogen and oxygen atoms in total. The number of ketones is 1. The van der Waals surface area contributed by atoms with Crippen molar-refractivity contribution < 1.29 is 19.4 Å². The smallest absolute Gasteiger partial charge is 0.301 e. The number of nitrogens with zero attached hydrogens (tertiary/aromatic N) is 2. The third-order valence-electron chi connectivity index (χ3n) is 4.84. The fourth-order valence-corrected chi connectivity index (χ4v) is 4.23. The molecule has 1 aliphatic rings. The number of hydrogen-bond donors (Lipinski definition) is 1. The Morgan fingerprint density at radius 3 is 2.68 bits per heavy atom. The van der Waals surface area contributed by atoms with Crippen LogP contribution < -0.4 is 9.64 Å². The molecule has 3 aromatic rings. The molecule has 4 rings (SSSR count). The van der Waals surface area contributed by atoms with Gasteiger partial charge in [0.1, 0.15) is 11.5 Å². The van der Waals surface area contributed by atoms with Gasteiger partial charge in [0, 0.05) is 22.2 Å². The van der Waals surface area contributed by atoms with E-state index in [1.165, 1.54) is 16.2 Å². The molecule has 1 aliphatic heterocycles. The van der Waals surface area contributed by atoms with Crippen LogP contribution in [-0.2, 0) is 9.59 Å². The lowest BCUT2D eigenvalue weighted by atomic mass is 9.95. The average molecular weight is 455 g/mol. The molecule has 2 aromatic carbocycles. The molecule has 1 unspecified atom stereocenters. The maximum absolute atomic E-state index is 13.0. The molecular formula is C23H19ClN2O4S. The predicted octanol–water partition coefficient (Wildman–Crippen LogP) is 5.21. The van der Waals surface area contributed by atoms with E-state index in [1.54, 1.807) is 60.1 Å². The second kappa shape index (κ2) is 8.91. The van der Waals surface area contributed by atoms with Crippen molar-refractivity contribution >= 4 is 45.5 Å². The number of carbonyl (C=O) groups excluding carboxylic acids is 2. The van der Waals surface area contributed by atoms with E-state index < -0.39 is 17.7 Å². The number of aromatic nitrogens is 1. The molecule has 0 radical (unpaired) electrons. The summed E-state index contributed by atoms with van der Waals surface area (Å²) in [5.41, 5.74) is 1.03. The molecule has 0 bridgehead atoms. The molecule has 158 valence electrons. The van der Waals surface area contributed by atoms with Crippen molar-refractivity contribution in [3.05, 3.63) is 81.8 Å². The zero-order valence-electron chi connectivity index (χ0n) is 16.6. The Labute approximate surface area is 188 Å². The number of halogens is 1. The van der Waals surface area contributed by atoms with Crippen molar-refractivity contribution in [3.8, 4) is 5.75 Å². The summed E-state index contributed by atoms with van der Waals surface area (Å²) >= 11 is 7.27. The summed E-state index contributed by atoms with van der Waals surface area (Å²) in [6.45, 7) is 2.53. The first-order chi connectivity index (χ1) is 15.0. The fraction of sp³-hybridized carbons (Fsp3) is 0.174. The fourth-order valence-electron chi connectivity index (χ4n) is 3.43. The van der Waals surface area contributed by atoms with Gasteiger partial charge in [-0.15, -0.1) is 11.3 Å². The van der Waals surface area contributed by atoms with Gasteiger partial charge in [-0.05, 0) is 36.2 Å². The van der Waals surface area contributed by atoms with Crippen LogP contribution in [0.3, 0.4) is 0 Å². The first-order valence-electron chi connectivity index (χ1n) is 9.70. The Balaban J connectivity index is 1.86. The number of rotatable bonds is 6. The summed E-state index contributed by atoms with van der Waals surface area (Å²) in [7, 11) is 0. The molecule has 0 aliphatic carbocycles. The minimum absolute atomic E-state index is 0.00448. The van der Waals surface area contributed by atoms with E-state index in [9.17, 15) is 14.7 Å². The number of amides is 1.